The number of nitrogens with zero attached hydrogens (tertiary/aromatic N) is 1. The summed E-state index contributed by atoms with van der Waals surface area (Å²) < 4.78 is 11.7. The molecule has 2 bridgehead atoms. The van der Waals surface area contributed by atoms with E-state index in [-0.39, 0.29) is 5.60 Å². The summed E-state index contributed by atoms with van der Waals surface area (Å²) >= 11 is 6.28. The van der Waals surface area contributed by atoms with E-state index in [1.165, 1.54) is 32.1 Å². The second kappa shape index (κ2) is 7.09. The van der Waals surface area contributed by atoms with Gasteiger partial charge in [0.15, 0.2) is 0 Å². The van der Waals surface area contributed by atoms with Crippen molar-refractivity contribution in [3.63, 3.8) is 0 Å². The van der Waals surface area contributed by atoms with Crippen LogP contribution in [0.4, 0.5) is 0 Å². The third kappa shape index (κ3) is 3.31. The third-order valence-corrected chi connectivity index (χ3v) is 7.26. The highest BCUT2D eigenvalue weighted by molar-refractivity contribution is 6.30. The summed E-state index contributed by atoms with van der Waals surface area (Å²) in [6.07, 6.45) is 9.27. The normalized spacial score (nSPS) is 31.9. The summed E-state index contributed by atoms with van der Waals surface area (Å²) in [7, 11) is 3.56. The number of fused-ring (bicyclic) bond motifs is 2. The number of likely N-dealkylation sites (tertiary alicyclic amines) is 1. The van der Waals surface area contributed by atoms with Gasteiger partial charge in [0.05, 0.1) is 12.7 Å². The maximum atomic E-state index is 6.28. The summed E-state index contributed by atoms with van der Waals surface area (Å²) in [5.74, 6) is 2.87. The Morgan fingerprint density at radius 3 is 2.32 bits per heavy atom. The van der Waals surface area contributed by atoms with Gasteiger partial charge in [-0.25, -0.2) is 0 Å². The molecule has 138 valence electrons. The molecule has 1 aliphatic heterocycles. The lowest BCUT2D eigenvalue weighted by Crippen LogP contribution is -2.49. The van der Waals surface area contributed by atoms with Gasteiger partial charge in [-0.1, -0.05) is 24.4 Å². The molecule has 2 unspecified atom stereocenters. The number of methoxy groups -OCH3 is 2. The number of hydrogen-bond donors (Lipinski definition) is 0. The Balaban J connectivity index is 1.50. The second-order valence-electron chi connectivity index (χ2n) is 8.25. The van der Waals surface area contributed by atoms with Crippen LogP contribution in [0.1, 0.15) is 50.5 Å². The highest BCUT2D eigenvalue weighted by Gasteiger charge is 2.42. The molecule has 0 radical (unpaired) electrons. The van der Waals surface area contributed by atoms with Crippen LogP contribution in [-0.2, 0) is 10.3 Å². The largest absolute Gasteiger partial charge is 0.496 e. The first-order valence-electron chi connectivity index (χ1n) is 9.77. The molecule has 2 aliphatic carbocycles. The van der Waals surface area contributed by atoms with Crippen molar-refractivity contribution in [1.29, 1.82) is 0 Å². The number of piperidine rings is 1. The van der Waals surface area contributed by atoms with Gasteiger partial charge < -0.3 is 14.4 Å². The molecule has 4 rings (SSSR count). The molecule has 3 aliphatic rings. The molecule has 1 aromatic rings. The van der Waals surface area contributed by atoms with Crippen LogP contribution >= 0.6 is 11.6 Å². The molecular weight excluding hydrogens is 334 g/mol. The van der Waals surface area contributed by atoms with Gasteiger partial charge in [-0.3, -0.25) is 0 Å². The van der Waals surface area contributed by atoms with E-state index in [4.69, 9.17) is 21.1 Å². The van der Waals surface area contributed by atoms with E-state index >= 15 is 0 Å². The number of rotatable bonds is 4. The van der Waals surface area contributed by atoms with E-state index in [0.717, 1.165) is 60.1 Å². The predicted molar refractivity (Wildman–Crippen MR) is 101 cm³/mol. The highest BCUT2D eigenvalue weighted by Crippen LogP contribution is 2.46. The fraction of sp³-hybridized carbons (Fsp3) is 0.714. The van der Waals surface area contributed by atoms with Crippen LogP contribution in [0, 0.1) is 11.8 Å². The van der Waals surface area contributed by atoms with Crippen molar-refractivity contribution in [1.82, 2.24) is 4.90 Å². The van der Waals surface area contributed by atoms with E-state index in [1.54, 1.807) is 7.11 Å². The van der Waals surface area contributed by atoms with Crippen LogP contribution < -0.4 is 4.74 Å². The van der Waals surface area contributed by atoms with E-state index in [0.29, 0.717) is 0 Å². The molecule has 0 spiro atoms. The Kier molecular flexibility index (Phi) is 5.00. The molecule has 1 aromatic carbocycles. The molecule has 0 N–H and O–H groups in total. The van der Waals surface area contributed by atoms with Gasteiger partial charge in [0.1, 0.15) is 5.75 Å². The van der Waals surface area contributed by atoms with Gasteiger partial charge in [-0.05, 0) is 62.1 Å². The summed E-state index contributed by atoms with van der Waals surface area (Å²) in [6.45, 7) is 2.21. The molecule has 0 amide bonds. The topological polar surface area (TPSA) is 21.7 Å². The molecule has 1 saturated heterocycles. The van der Waals surface area contributed by atoms with Gasteiger partial charge in [0.25, 0.3) is 0 Å². The first kappa shape index (κ1) is 17.6. The molecular formula is C21H30ClNO2. The smallest absolute Gasteiger partial charge is 0.125 e. The van der Waals surface area contributed by atoms with Crippen LogP contribution in [-0.4, -0.2) is 38.3 Å². The summed E-state index contributed by atoms with van der Waals surface area (Å²) in [5, 5.41) is 0.749. The number of hydrogen-bond acceptors (Lipinski definition) is 3. The van der Waals surface area contributed by atoms with Crippen LogP contribution in [0.15, 0.2) is 18.2 Å². The van der Waals surface area contributed by atoms with Crippen LogP contribution in [0.5, 0.6) is 5.75 Å². The minimum atomic E-state index is -0.277. The number of halogens is 1. The lowest BCUT2D eigenvalue weighted by molar-refractivity contribution is -0.0742. The molecule has 3 nitrogen and oxygen atoms in total. The van der Waals surface area contributed by atoms with E-state index in [2.05, 4.69) is 4.90 Å². The zero-order valence-corrected chi connectivity index (χ0v) is 16.2. The van der Waals surface area contributed by atoms with Crippen molar-refractivity contribution in [2.75, 3.05) is 27.3 Å². The van der Waals surface area contributed by atoms with E-state index in [1.807, 2.05) is 25.3 Å². The summed E-state index contributed by atoms with van der Waals surface area (Å²) in [5.41, 5.74) is 0.828. The summed E-state index contributed by atoms with van der Waals surface area (Å²) in [6, 6.07) is 6.67. The Morgan fingerprint density at radius 2 is 1.72 bits per heavy atom. The van der Waals surface area contributed by atoms with Crippen molar-refractivity contribution >= 4 is 11.6 Å². The fourth-order valence-corrected chi connectivity index (χ4v) is 5.81. The molecule has 2 saturated carbocycles. The van der Waals surface area contributed by atoms with Gasteiger partial charge in [-0.15, -0.1) is 0 Å². The summed E-state index contributed by atoms with van der Waals surface area (Å²) in [4.78, 5) is 2.73. The van der Waals surface area contributed by atoms with Crippen molar-refractivity contribution in [2.45, 2.75) is 56.6 Å². The first-order chi connectivity index (χ1) is 12.1. The fourth-order valence-electron chi connectivity index (χ4n) is 5.64. The van der Waals surface area contributed by atoms with Crippen molar-refractivity contribution in [3.8, 4) is 5.75 Å². The standard InChI is InChI=1S/C21H30ClNO2/c1-24-20-6-5-17(22)14-19(20)21(25-2)7-9-23(10-8-21)18-12-15-3-4-16(11-15)13-18/h5-6,14-16,18H,3-4,7-13H2,1-2H3. The van der Waals surface area contributed by atoms with Gasteiger partial charge in [-0.2, -0.15) is 0 Å². The van der Waals surface area contributed by atoms with E-state index in [9.17, 15) is 0 Å². The zero-order chi connectivity index (χ0) is 17.4. The monoisotopic (exact) mass is 363 g/mol. The number of benzene rings is 1. The Labute approximate surface area is 156 Å². The molecule has 0 aromatic heterocycles. The average molecular weight is 364 g/mol. The maximum Gasteiger partial charge on any atom is 0.125 e. The van der Waals surface area contributed by atoms with Gasteiger partial charge in [0, 0.05) is 36.8 Å². The Bertz CT molecular complexity index is 600. The van der Waals surface area contributed by atoms with Crippen LogP contribution in [0.25, 0.3) is 0 Å². The van der Waals surface area contributed by atoms with Crippen molar-refractivity contribution in [2.24, 2.45) is 11.8 Å². The SMILES string of the molecule is COc1ccc(Cl)cc1C1(OC)CCN(C2CC3CCC(C3)C2)CC1. The molecule has 2 atom stereocenters. The minimum Gasteiger partial charge on any atom is -0.496 e. The second-order valence-corrected chi connectivity index (χ2v) is 8.69. The average Bonchev–Trinajstić information content (AvgIpc) is 2.99. The molecule has 3 fully saturated rings. The molecule has 1 heterocycles. The van der Waals surface area contributed by atoms with Crippen LogP contribution in [0.2, 0.25) is 5.02 Å². The number of ether oxygens (including phenoxy) is 2. The third-order valence-electron chi connectivity index (χ3n) is 7.03. The molecule has 25 heavy (non-hydrogen) atoms. The van der Waals surface area contributed by atoms with Crippen molar-refractivity contribution in [3.05, 3.63) is 28.8 Å². The van der Waals surface area contributed by atoms with Crippen molar-refractivity contribution < 1.29 is 9.47 Å². The first-order valence-corrected chi connectivity index (χ1v) is 10.1. The van der Waals surface area contributed by atoms with Gasteiger partial charge in [0.2, 0.25) is 0 Å². The predicted octanol–water partition coefficient (Wildman–Crippen LogP) is 4.86. The van der Waals surface area contributed by atoms with E-state index < -0.39 is 0 Å². The van der Waals surface area contributed by atoms with Crippen LogP contribution in [0.3, 0.4) is 0 Å². The minimum absolute atomic E-state index is 0.277. The lowest BCUT2D eigenvalue weighted by atomic mass is 9.80. The molecule has 4 heteroatoms. The Hall–Kier alpha value is -0.770. The lowest BCUT2D eigenvalue weighted by Gasteiger charge is -2.46. The Morgan fingerprint density at radius 1 is 1.04 bits per heavy atom. The van der Waals surface area contributed by atoms with Gasteiger partial charge >= 0.3 is 0 Å². The zero-order valence-electron chi connectivity index (χ0n) is 15.5. The maximum absolute atomic E-state index is 6.28. The quantitative estimate of drug-likeness (QED) is 0.762. The highest BCUT2D eigenvalue weighted by atomic mass is 35.5.